The van der Waals surface area contributed by atoms with Gasteiger partial charge in [0.25, 0.3) is 0 Å². The van der Waals surface area contributed by atoms with Crippen LogP contribution in [0.25, 0.3) is 0 Å². The Kier molecular flexibility index (Phi) is 4.15. The van der Waals surface area contributed by atoms with Crippen LogP contribution in [-0.2, 0) is 16.6 Å². The maximum atomic E-state index is 13.5. The van der Waals surface area contributed by atoms with Crippen molar-refractivity contribution in [2.75, 3.05) is 11.5 Å². The molecule has 1 saturated carbocycles. The molecule has 17 heavy (non-hydrogen) atoms. The second kappa shape index (κ2) is 5.63. The number of rotatable bonds is 4. The van der Waals surface area contributed by atoms with Crippen LogP contribution in [-0.4, -0.2) is 9.96 Å². The lowest BCUT2D eigenvalue weighted by atomic mass is 10.1. The normalized spacial score (nSPS) is 18.4. The molecule has 1 aliphatic carbocycles. The molecule has 1 atom stereocenters. The van der Waals surface area contributed by atoms with Crippen LogP contribution in [0.3, 0.4) is 0 Å². The molecule has 0 saturated heterocycles. The molecule has 4 heteroatoms. The molecule has 2 nitrogen and oxygen atoms in total. The van der Waals surface area contributed by atoms with Gasteiger partial charge in [-0.2, -0.15) is 0 Å². The maximum Gasteiger partial charge on any atom is 0.129 e. The summed E-state index contributed by atoms with van der Waals surface area (Å²) in [6.07, 6.45) is 4.85. The third-order valence-electron chi connectivity index (χ3n) is 3.29. The van der Waals surface area contributed by atoms with Gasteiger partial charge in [-0.15, -0.1) is 0 Å². The predicted octanol–water partition coefficient (Wildman–Crippen LogP) is 2.85. The van der Waals surface area contributed by atoms with Crippen LogP contribution in [0, 0.1) is 11.7 Å². The van der Waals surface area contributed by atoms with Crippen molar-refractivity contribution in [3.05, 3.63) is 29.6 Å². The zero-order valence-corrected chi connectivity index (χ0v) is 10.6. The molecule has 0 amide bonds. The van der Waals surface area contributed by atoms with Crippen LogP contribution in [0.2, 0.25) is 0 Å². The van der Waals surface area contributed by atoms with Gasteiger partial charge in [-0.25, -0.2) is 4.39 Å². The van der Waals surface area contributed by atoms with E-state index in [4.69, 9.17) is 5.73 Å². The second-order valence-corrected chi connectivity index (χ2v) is 6.25. The lowest BCUT2D eigenvalue weighted by molar-refractivity contribution is 0.599. The SMILES string of the molecule is Nc1ccc(CS(=O)CC2CCCC2)c(F)c1. The van der Waals surface area contributed by atoms with Gasteiger partial charge in [0.15, 0.2) is 0 Å². The summed E-state index contributed by atoms with van der Waals surface area (Å²) in [6.45, 7) is 0. The minimum Gasteiger partial charge on any atom is -0.399 e. The highest BCUT2D eigenvalue weighted by Crippen LogP contribution is 2.26. The van der Waals surface area contributed by atoms with Gasteiger partial charge < -0.3 is 5.73 Å². The number of halogens is 1. The average Bonchev–Trinajstić information content (AvgIpc) is 2.75. The van der Waals surface area contributed by atoms with E-state index in [1.165, 1.54) is 31.7 Å². The first kappa shape index (κ1) is 12.6. The summed E-state index contributed by atoms with van der Waals surface area (Å²) in [5.41, 5.74) is 6.39. The Hall–Kier alpha value is -0.900. The summed E-state index contributed by atoms with van der Waals surface area (Å²) in [6, 6.07) is 4.59. The number of nitrogen functional groups attached to an aromatic ring is 1. The first-order valence-electron chi connectivity index (χ1n) is 6.04. The second-order valence-electron chi connectivity index (χ2n) is 4.75. The fourth-order valence-electron chi connectivity index (χ4n) is 2.35. The van der Waals surface area contributed by atoms with E-state index in [-0.39, 0.29) is 5.82 Å². The number of hydrogen-bond donors (Lipinski definition) is 1. The number of hydrogen-bond acceptors (Lipinski definition) is 2. The lowest BCUT2D eigenvalue weighted by Crippen LogP contribution is -2.10. The molecular weight excluding hydrogens is 237 g/mol. The van der Waals surface area contributed by atoms with Gasteiger partial charge in [0.05, 0.1) is 5.75 Å². The molecule has 2 N–H and O–H groups in total. The molecule has 0 heterocycles. The van der Waals surface area contributed by atoms with Crippen LogP contribution >= 0.6 is 0 Å². The Morgan fingerprint density at radius 3 is 2.71 bits per heavy atom. The summed E-state index contributed by atoms with van der Waals surface area (Å²) in [4.78, 5) is 0. The predicted molar refractivity (Wildman–Crippen MR) is 69.5 cm³/mol. The van der Waals surface area contributed by atoms with E-state index in [0.717, 1.165) is 0 Å². The van der Waals surface area contributed by atoms with Crippen molar-refractivity contribution >= 4 is 16.5 Å². The molecular formula is C13H18FNOS. The Morgan fingerprint density at radius 1 is 1.35 bits per heavy atom. The van der Waals surface area contributed by atoms with Crippen molar-refractivity contribution in [1.82, 2.24) is 0 Å². The van der Waals surface area contributed by atoms with Gasteiger partial charge in [-0.05, 0) is 30.9 Å². The molecule has 94 valence electrons. The summed E-state index contributed by atoms with van der Waals surface area (Å²) in [5.74, 6) is 1.25. The van der Waals surface area contributed by atoms with Gasteiger partial charge in [0.2, 0.25) is 0 Å². The summed E-state index contributed by atoms with van der Waals surface area (Å²) in [5, 5.41) is 0. The molecule has 1 fully saturated rings. The first-order valence-corrected chi connectivity index (χ1v) is 7.53. The lowest BCUT2D eigenvalue weighted by Gasteiger charge is -2.09. The largest absolute Gasteiger partial charge is 0.399 e. The number of benzene rings is 1. The Labute approximate surface area is 104 Å². The van der Waals surface area contributed by atoms with Crippen molar-refractivity contribution in [3.8, 4) is 0 Å². The van der Waals surface area contributed by atoms with Crippen molar-refractivity contribution in [2.24, 2.45) is 5.92 Å². The Balaban J connectivity index is 1.93. The molecule has 0 radical (unpaired) electrons. The smallest absolute Gasteiger partial charge is 0.129 e. The third-order valence-corrected chi connectivity index (χ3v) is 4.77. The average molecular weight is 255 g/mol. The Morgan fingerprint density at radius 2 is 2.06 bits per heavy atom. The summed E-state index contributed by atoms with van der Waals surface area (Å²) >= 11 is 0. The van der Waals surface area contributed by atoms with Gasteiger partial charge in [-0.3, -0.25) is 4.21 Å². The van der Waals surface area contributed by atoms with Crippen LogP contribution in [0.15, 0.2) is 18.2 Å². The van der Waals surface area contributed by atoms with Crippen molar-refractivity contribution < 1.29 is 8.60 Å². The van der Waals surface area contributed by atoms with E-state index >= 15 is 0 Å². The van der Waals surface area contributed by atoms with Gasteiger partial charge >= 0.3 is 0 Å². The molecule has 2 rings (SSSR count). The van der Waals surface area contributed by atoms with E-state index < -0.39 is 10.8 Å². The van der Waals surface area contributed by atoms with Crippen molar-refractivity contribution in [2.45, 2.75) is 31.4 Å². The monoisotopic (exact) mass is 255 g/mol. The molecule has 1 aromatic rings. The highest BCUT2D eigenvalue weighted by Gasteiger charge is 2.18. The quantitative estimate of drug-likeness (QED) is 0.841. The maximum absolute atomic E-state index is 13.5. The van der Waals surface area contributed by atoms with Gasteiger partial charge in [0.1, 0.15) is 5.82 Å². The first-order chi connectivity index (χ1) is 8.15. The van der Waals surface area contributed by atoms with Crippen molar-refractivity contribution in [1.29, 1.82) is 0 Å². The van der Waals surface area contributed by atoms with Crippen LogP contribution < -0.4 is 5.73 Å². The summed E-state index contributed by atoms with van der Waals surface area (Å²) in [7, 11) is -0.959. The minimum absolute atomic E-state index is 0.308. The minimum atomic E-state index is -0.959. The molecule has 1 aliphatic rings. The van der Waals surface area contributed by atoms with Crippen LogP contribution in [0.5, 0.6) is 0 Å². The van der Waals surface area contributed by atoms with E-state index in [1.54, 1.807) is 12.1 Å². The molecule has 0 aliphatic heterocycles. The molecule has 1 unspecified atom stereocenters. The topological polar surface area (TPSA) is 43.1 Å². The zero-order valence-electron chi connectivity index (χ0n) is 9.82. The fraction of sp³-hybridized carbons (Fsp3) is 0.538. The highest BCUT2D eigenvalue weighted by atomic mass is 32.2. The highest BCUT2D eigenvalue weighted by molar-refractivity contribution is 7.84. The van der Waals surface area contributed by atoms with Crippen LogP contribution in [0.4, 0.5) is 10.1 Å². The van der Waals surface area contributed by atoms with E-state index in [9.17, 15) is 8.60 Å². The molecule has 0 bridgehead atoms. The van der Waals surface area contributed by atoms with Gasteiger partial charge in [-0.1, -0.05) is 18.9 Å². The Bertz CT molecular complexity index is 416. The van der Waals surface area contributed by atoms with E-state index in [2.05, 4.69) is 0 Å². The standard InChI is InChI=1S/C13H18FNOS/c14-13-7-12(15)6-5-11(13)9-17(16)8-10-3-1-2-4-10/h5-7,10H,1-4,8-9,15H2. The number of nitrogens with two attached hydrogens (primary N) is 1. The van der Waals surface area contributed by atoms with E-state index in [0.29, 0.717) is 28.7 Å². The van der Waals surface area contributed by atoms with E-state index in [1.807, 2.05) is 0 Å². The third kappa shape index (κ3) is 3.53. The zero-order chi connectivity index (χ0) is 12.3. The fourth-order valence-corrected chi connectivity index (χ4v) is 3.91. The molecule has 1 aromatic carbocycles. The summed E-state index contributed by atoms with van der Waals surface area (Å²) < 4.78 is 25.4. The van der Waals surface area contributed by atoms with Crippen molar-refractivity contribution in [3.63, 3.8) is 0 Å². The molecule has 0 spiro atoms. The van der Waals surface area contributed by atoms with Gasteiger partial charge in [0, 0.05) is 27.8 Å². The molecule has 0 aromatic heterocycles. The number of anilines is 1. The van der Waals surface area contributed by atoms with Crippen LogP contribution in [0.1, 0.15) is 31.2 Å².